The lowest BCUT2D eigenvalue weighted by molar-refractivity contribution is 0.794. The Bertz CT molecular complexity index is 218. The van der Waals surface area contributed by atoms with Crippen molar-refractivity contribution in [3.05, 3.63) is 29.8 Å². The fraction of sp³-hybridized carbons (Fsp3) is 0.400. The van der Waals surface area contributed by atoms with Crippen molar-refractivity contribution in [2.75, 3.05) is 5.73 Å². The number of anilines is 1. The largest absolute Gasteiger partial charge is 0.399 e. The lowest BCUT2D eigenvalue weighted by atomic mass is 10.1. The number of rotatable bonds is 3. The zero-order valence-electron chi connectivity index (χ0n) is 6.93. The summed E-state index contributed by atoms with van der Waals surface area (Å²) in [5.41, 5.74) is 7.68. The van der Waals surface area contributed by atoms with Crippen LogP contribution in [-0.4, -0.2) is 0 Å². The van der Waals surface area contributed by atoms with E-state index in [1.807, 2.05) is 18.2 Å². The second-order valence-corrected chi connectivity index (χ2v) is 2.75. The smallest absolute Gasteiger partial charge is 0.0317 e. The molecule has 0 aliphatic rings. The van der Waals surface area contributed by atoms with Gasteiger partial charge in [-0.2, -0.15) is 0 Å². The van der Waals surface area contributed by atoms with Crippen molar-refractivity contribution < 1.29 is 0 Å². The first-order chi connectivity index (χ1) is 5.33. The van der Waals surface area contributed by atoms with Crippen molar-refractivity contribution in [2.24, 2.45) is 0 Å². The number of hydrogen-bond donors (Lipinski definition) is 1. The van der Waals surface area contributed by atoms with Gasteiger partial charge in [0.2, 0.25) is 0 Å². The van der Waals surface area contributed by atoms with Crippen molar-refractivity contribution in [1.29, 1.82) is 0 Å². The fourth-order valence-electron chi connectivity index (χ4n) is 1.05. The first-order valence-corrected chi connectivity index (χ1v) is 4.09. The van der Waals surface area contributed by atoms with Gasteiger partial charge in [0.15, 0.2) is 0 Å². The highest BCUT2D eigenvalue weighted by Crippen LogP contribution is 2.08. The molecule has 0 saturated carbocycles. The van der Waals surface area contributed by atoms with Crippen LogP contribution in [0.4, 0.5) is 5.69 Å². The minimum absolute atomic E-state index is 0.842. The minimum atomic E-state index is 0.842. The van der Waals surface area contributed by atoms with Crippen LogP contribution >= 0.6 is 0 Å². The molecule has 0 atom stereocenters. The number of nitrogen functional groups attached to an aromatic ring is 1. The normalized spacial score (nSPS) is 9.91. The third kappa shape index (κ3) is 2.62. The van der Waals surface area contributed by atoms with Gasteiger partial charge in [-0.25, -0.2) is 0 Å². The lowest BCUT2D eigenvalue weighted by Crippen LogP contribution is -1.88. The molecular weight excluding hydrogens is 134 g/mol. The topological polar surface area (TPSA) is 26.0 Å². The molecule has 59 valence electrons. The Balaban J connectivity index is 2.56. The third-order valence-corrected chi connectivity index (χ3v) is 1.69. The van der Waals surface area contributed by atoms with Crippen molar-refractivity contribution in [3.63, 3.8) is 0 Å². The second kappa shape index (κ2) is 4.02. The van der Waals surface area contributed by atoms with Gasteiger partial charge in [0, 0.05) is 5.69 Å². The molecule has 0 saturated heterocycles. The highest BCUT2D eigenvalue weighted by atomic mass is 14.5. The SMILES string of the molecule is CCCCc1[c]ccc(N)c1. The summed E-state index contributed by atoms with van der Waals surface area (Å²) in [6, 6.07) is 8.92. The molecule has 0 unspecified atom stereocenters. The zero-order valence-corrected chi connectivity index (χ0v) is 6.93. The van der Waals surface area contributed by atoms with Gasteiger partial charge >= 0.3 is 0 Å². The van der Waals surface area contributed by atoms with Gasteiger partial charge in [-0.3, -0.25) is 0 Å². The van der Waals surface area contributed by atoms with Crippen LogP contribution in [0.25, 0.3) is 0 Å². The van der Waals surface area contributed by atoms with Gasteiger partial charge in [-0.15, -0.1) is 0 Å². The van der Waals surface area contributed by atoms with Crippen molar-refractivity contribution in [1.82, 2.24) is 0 Å². The fourth-order valence-corrected chi connectivity index (χ4v) is 1.05. The molecule has 0 heterocycles. The van der Waals surface area contributed by atoms with Crippen LogP contribution < -0.4 is 5.73 Å². The molecule has 1 aromatic rings. The van der Waals surface area contributed by atoms with Gasteiger partial charge < -0.3 is 5.73 Å². The van der Waals surface area contributed by atoms with Gasteiger partial charge in [0.1, 0.15) is 0 Å². The molecule has 2 N–H and O–H groups in total. The van der Waals surface area contributed by atoms with Crippen LogP contribution in [0, 0.1) is 6.07 Å². The monoisotopic (exact) mass is 148 g/mol. The predicted molar refractivity (Wildman–Crippen MR) is 48.3 cm³/mol. The molecule has 11 heavy (non-hydrogen) atoms. The van der Waals surface area contributed by atoms with Crippen LogP contribution in [0.5, 0.6) is 0 Å². The van der Waals surface area contributed by atoms with Crippen molar-refractivity contribution in [2.45, 2.75) is 26.2 Å². The van der Waals surface area contributed by atoms with Gasteiger partial charge in [-0.05, 0) is 36.6 Å². The Kier molecular flexibility index (Phi) is 2.96. The highest BCUT2D eigenvalue weighted by molar-refractivity contribution is 5.39. The van der Waals surface area contributed by atoms with E-state index in [0.29, 0.717) is 0 Å². The summed E-state index contributed by atoms with van der Waals surface area (Å²) in [6.45, 7) is 2.19. The van der Waals surface area contributed by atoms with E-state index in [9.17, 15) is 0 Å². The first-order valence-electron chi connectivity index (χ1n) is 4.09. The summed E-state index contributed by atoms with van der Waals surface area (Å²) in [6.07, 6.45) is 3.55. The molecule has 1 aromatic carbocycles. The Hall–Kier alpha value is -0.980. The molecule has 0 fully saturated rings. The van der Waals surface area contributed by atoms with Crippen LogP contribution in [0.15, 0.2) is 18.2 Å². The highest BCUT2D eigenvalue weighted by Gasteiger charge is 1.91. The molecule has 0 bridgehead atoms. The summed E-state index contributed by atoms with van der Waals surface area (Å²) in [5, 5.41) is 0. The zero-order chi connectivity index (χ0) is 8.10. The maximum Gasteiger partial charge on any atom is 0.0317 e. The summed E-state index contributed by atoms with van der Waals surface area (Å²) < 4.78 is 0. The van der Waals surface area contributed by atoms with Crippen LogP contribution in [0.1, 0.15) is 25.3 Å². The summed E-state index contributed by atoms with van der Waals surface area (Å²) in [5.74, 6) is 0. The van der Waals surface area contributed by atoms with E-state index in [2.05, 4.69) is 13.0 Å². The maximum atomic E-state index is 5.61. The number of unbranched alkanes of at least 4 members (excludes halogenated alkanes) is 1. The predicted octanol–water partition coefficient (Wildman–Crippen LogP) is 2.41. The molecule has 1 heteroatoms. The van der Waals surface area contributed by atoms with Gasteiger partial charge in [-0.1, -0.05) is 19.4 Å². The van der Waals surface area contributed by atoms with E-state index >= 15 is 0 Å². The average molecular weight is 148 g/mol. The Morgan fingerprint density at radius 1 is 1.55 bits per heavy atom. The minimum Gasteiger partial charge on any atom is -0.399 e. The first kappa shape index (κ1) is 8.12. The lowest BCUT2D eigenvalue weighted by Gasteiger charge is -1.99. The second-order valence-electron chi connectivity index (χ2n) is 2.75. The van der Waals surface area contributed by atoms with Crippen molar-refractivity contribution in [3.8, 4) is 0 Å². The Labute approximate surface area is 68.2 Å². The third-order valence-electron chi connectivity index (χ3n) is 1.69. The molecule has 0 aromatic heterocycles. The van der Waals surface area contributed by atoms with E-state index in [-0.39, 0.29) is 0 Å². The number of nitrogens with two attached hydrogens (primary N) is 1. The van der Waals surface area contributed by atoms with Crippen LogP contribution in [-0.2, 0) is 6.42 Å². The summed E-state index contributed by atoms with van der Waals surface area (Å²) in [7, 11) is 0. The standard InChI is InChI=1S/C10H14N/c1-2-3-5-9-6-4-7-10(11)8-9/h4,7-8H,2-3,5,11H2,1H3. The van der Waals surface area contributed by atoms with Crippen molar-refractivity contribution >= 4 is 5.69 Å². The van der Waals surface area contributed by atoms with Crippen LogP contribution in [0.2, 0.25) is 0 Å². The van der Waals surface area contributed by atoms with Gasteiger partial charge in [0.25, 0.3) is 0 Å². The van der Waals surface area contributed by atoms with Crippen LogP contribution in [0.3, 0.4) is 0 Å². The molecule has 0 aliphatic heterocycles. The van der Waals surface area contributed by atoms with E-state index in [4.69, 9.17) is 5.73 Å². The molecule has 1 rings (SSSR count). The van der Waals surface area contributed by atoms with Gasteiger partial charge in [0.05, 0.1) is 0 Å². The molecule has 0 amide bonds. The Morgan fingerprint density at radius 3 is 3.00 bits per heavy atom. The Morgan fingerprint density at radius 2 is 2.36 bits per heavy atom. The molecule has 1 radical (unpaired) electrons. The van der Waals surface area contributed by atoms with E-state index in [1.165, 1.54) is 18.4 Å². The molecule has 0 spiro atoms. The van der Waals surface area contributed by atoms with E-state index in [1.54, 1.807) is 0 Å². The van der Waals surface area contributed by atoms with E-state index in [0.717, 1.165) is 12.1 Å². The number of benzene rings is 1. The molecule has 1 nitrogen and oxygen atoms in total. The summed E-state index contributed by atoms with van der Waals surface area (Å²) >= 11 is 0. The molecular formula is C10H14N. The quantitative estimate of drug-likeness (QED) is 0.654. The maximum absolute atomic E-state index is 5.61. The average Bonchev–Trinajstić information content (AvgIpc) is 2.01. The summed E-state index contributed by atoms with van der Waals surface area (Å²) in [4.78, 5) is 0. The number of hydrogen-bond acceptors (Lipinski definition) is 1. The van der Waals surface area contributed by atoms with E-state index < -0.39 is 0 Å². The molecule has 0 aliphatic carbocycles. The number of aryl methyl sites for hydroxylation is 1.